The third-order valence-corrected chi connectivity index (χ3v) is 9.14. The quantitative estimate of drug-likeness (QED) is 0.200. The Hall–Kier alpha value is -4.21. The maximum atomic E-state index is 14.5. The first kappa shape index (κ1) is 33.7. The second kappa shape index (κ2) is 14.3. The topological polar surface area (TPSA) is 86.8 Å². The molecule has 0 radical (unpaired) electrons. The lowest BCUT2D eigenvalue weighted by atomic mass is 10.0. The summed E-state index contributed by atoms with van der Waals surface area (Å²) in [5.41, 5.74) is 1.74. The van der Waals surface area contributed by atoms with E-state index < -0.39 is 45.8 Å². The van der Waals surface area contributed by atoms with Gasteiger partial charge >= 0.3 is 0 Å². The number of nitrogens with zero attached hydrogens (tertiary/aromatic N) is 2. The molecule has 0 aliphatic rings. The summed E-state index contributed by atoms with van der Waals surface area (Å²) >= 11 is 6.51. The van der Waals surface area contributed by atoms with Crippen LogP contribution < -0.4 is 9.62 Å². The van der Waals surface area contributed by atoms with Crippen LogP contribution in [0.4, 0.5) is 10.1 Å². The van der Waals surface area contributed by atoms with Gasteiger partial charge in [-0.2, -0.15) is 0 Å². The molecule has 0 aliphatic heterocycles. The number of nitrogens with one attached hydrogen (secondary N) is 1. The minimum Gasteiger partial charge on any atom is -0.350 e. The Morgan fingerprint density at radius 1 is 0.844 bits per heavy atom. The molecule has 1 N–H and O–H groups in total. The van der Waals surface area contributed by atoms with Crippen LogP contribution in [-0.2, 0) is 32.6 Å². The molecule has 0 saturated heterocycles. The lowest BCUT2D eigenvalue weighted by molar-refractivity contribution is -0.140. The number of benzene rings is 4. The van der Waals surface area contributed by atoms with Gasteiger partial charge in [-0.3, -0.25) is 13.9 Å². The van der Waals surface area contributed by atoms with Crippen LogP contribution in [0.5, 0.6) is 0 Å². The number of halogens is 2. The zero-order valence-corrected chi connectivity index (χ0v) is 27.3. The standard InChI is InChI=1S/C35H37ClFN3O4S/c1-25-14-20-29(21-15-25)45(43,44)40(31-13-9-8-12-30(31)36)24-33(41)39(23-27-16-18-28(37)19-17-27)32(34(42)38-35(2,3)4)22-26-10-6-5-7-11-26/h5-21,32H,22-24H2,1-4H3,(H,38,42)/t32-/m0/s1. The molecule has 0 bridgehead atoms. The maximum Gasteiger partial charge on any atom is 0.264 e. The number of aryl methyl sites for hydroxylation is 1. The first-order chi connectivity index (χ1) is 21.2. The van der Waals surface area contributed by atoms with Gasteiger partial charge in [-0.05, 0) is 75.2 Å². The van der Waals surface area contributed by atoms with Crippen molar-refractivity contribution in [1.29, 1.82) is 0 Å². The molecular formula is C35H37ClFN3O4S. The van der Waals surface area contributed by atoms with Crippen molar-refractivity contribution in [2.24, 2.45) is 0 Å². The number of hydrogen-bond acceptors (Lipinski definition) is 4. The van der Waals surface area contributed by atoms with Crippen LogP contribution in [0, 0.1) is 12.7 Å². The van der Waals surface area contributed by atoms with E-state index in [4.69, 9.17) is 11.6 Å². The predicted octanol–water partition coefficient (Wildman–Crippen LogP) is 6.54. The molecule has 1 atom stereocenters. The van der Waals surface area contributed by atoms with E-state index in [1.54, 1.807) is 30.3 Å². The summed E-state index contributed by atoms with van der Waals surface area (Å²) in [7, 11) is -4.28. The molecule has 0 saturated carbocycles. The molecule has 7 nitrogen and oxygen atoms in total. The van der Waals surface area contributed by atoms with Crippen LogP contribution in [0.25, 0.3) is 0 Å². The Balaban J connectivity index is 1.82. The summed E-state index contributed by atoms with van der Waals surface area (Å²) in [5, 5.41) is 3.12. The van der Waals surface area contributed by atoms with Gasteiger partial charge in [0.05, 0.1) is 15.6 Å². The number of carbonyl (C=O) groups is 2. The van der Waals surface area contributed by atoms with E-state index in [0.29, 0.717) is 5.56 Å². The van der Waals surface area contributed by atoms with Gasteiger partial charge < -0.3 is 10.2 Å². The third kappa shape index (κ3) is 8.93. The van der Waals surface area contributed by atoms with Crippen LogP contribution >= 0.6 is 11.6 Å². The number of rotatable bonds is 11. The number of hydrogen-bond donors (Lipinski definition) is 1. The third-order valence-electron chi connectivity index (χ3n) is 7.04. The molecule has 0 heterocycles. The van der Waals surface area contributed by atoms with Crippen molar-refractivity contribution in [2.45, 2.75) is 57.1 Å². The van der Waals surface area contributed by atoms with Gasteiger partial charge in [0.2, 0.25) is 11.8 Å². The molecule has 0 aliphatic carbocycles. The van der Waals surface area contributed by atoms with Crippen molar-refractivity contribution >= 4 is 39.1 Å². The molecule has 4 aromatic carbocycles. The zero-order chi connectivity index (χ0) is 32.8. The minimum absolute atomic E-state index is 0.0165. The molecule has 10 heteroatoms. The van der Waals surface area contributed by atoms with Crippen molar-refractivity contribution in [3.8, 4) is 0 Å². The smallest absolute Gasteiger partial charge is 0.264 e. The lowest BCUT2D eigenvalue weighted by Crippen LogP contribution is -2.56. The van der Waals surface area contributed by atoms with Crippen LogP contribution in [-0.4, -0.2) is 43.3 Å². The van der Waals surface area contributed by atoms with E-state index in [9.17, 15) is 22.4 Å². The maximum absolute atomic E-state index is 14.5. The van der Waals surface area contributed by atoms with E-state index in [2.05, 4.69) is 5.32 Å². The molecule has 2 amide bonds. The zero-order valence-electron chi connectivity index (χ0n) is 25.7. The predicted molar refractivity (Wildman–Crippen MR) is 176 cm³/mol. The van der Waals surface area contributed by atoms with Gasteiger partial charge in [-0.15, -0.1) is 0 Å². The first-order valence-corrected chi connectivity index (χ1v) is 16.3. The van der Waals surface area contributed by atoms with Gasteiger partial charge in [0.25, 0.3) is 10.0 Å². The lowest BCUT2D eigenvalue weighted by Gasteiger charge is -2.35. The average Bonchev–Trinajstić information content (AvgIpc) is 2.99. The fraction of sp³-hybridized carbons (Fsp3) is 0.257. The highest BCUT2D eigenvalue weighted by Crippen LogP contribution is 2.31. The fourth-order valence-electron chi connectivity index (χ4n) is 4.80. The van der Waals surface area contributed by atoms with Gasteiger partial charge in [0.1, 0.15) is 18.4 Å². The van der Waals surface area contributed by atoms with E-state index in [1.807, 2.05) is 58.0 Å². The Morgan fingerprint density at radius 3 is 2.04 bits per heavy atom. The average molecular weight is 650 g/mol. The van der Waals surface area contributed by atoms with Crippen LogP contribution in [0.2, 0.25) is 5.02 Å². The molecule has 0 unspecified atom stereocenters. The highest BCUT2D eigenvalue weighted by Gasteiger charge is 2.36. The van der Waals surface area contributed by atoms with Crippen molar-refractivity contribution in [2.75, 3.05) is 10.8 Å². The second-order valence-corrected chi connectivity index (χ2v) is 14.1. The SMILES string of the molecule is Cc1ccc(S(=O)(=O)N(CC(=O)N(Cc2ccc(F)cc2)[C@@H](Cc2ccccc2)C(=O)NC(C)(C)C)c2ccccc2Cl)cc1. The second-order valence-electron chi connectivity index (χ2n) is 11.9. The van der Waals surface area contributed by atoms with Crippen molar-refractivity contribution in [3.63, 3.8) is 0 Å². The Kier molecular flexibility index (Phi) is 10.7. The molecule has 4 aromatic rings. The monoisotopic (exact) mass is 649 g/mol. The molecule has 0 aromatic heterocycles. The molecule has 4 rings (SSSR count). The van der Waals surface area contributed by atoms with Gasteiger partial charge in [-0.1, -0.05) is 83.9 Å². The van der Waals surface area contributed by atoms with Gasteiger partial charge in [0, 0.05) is 18.5 Å². The van der Waals surface area contributed by atoms with Crippen LogP contribution in [0.1, 0.15) is 37.5 Å². The van der Waals surface area contributed by atoms with Crippen LogP contribution in [0.15, 0.2) is 108 Å². The van der Waals surface area contributed by atoms with Gasteiger partial charge in [0.15, 0.2) is 0 Å². The van der Waals surface area contributed by atoms with Crippen molar-refractivity contribution < 1.29 is 22.4 Å². The van der Waals surface area contributed by atoms with Crippen LogP contribution in [0.3, 0.4) is 0 Å². The number of anilines is 1. The number of carbonyl (C=O) groups excluding carboxylic acids is 2. The highest BCUT2D eigenvalue weighted by atomic mass is 35.5. The molecule has 45 heavy (non-hydrogen) atoms. The van der Waals surface area contributed by atoms with E-state index >= 15 is 0 Å². The Labute approximate surface area is 269 Å². The van der Waals surface area contributed by atoms with Crippen molar-refractivity contribution in [1.82, 2.24) is 10.2 Å². The largest absolute Gasteiger partial charge is 0.350 e. The molecule has 0 fully saturated rings. The first-order valence-electron chi connectivity index (χ1n) is 14.5. The fourth-order valence-corrected chi connectivity index (χ4v) is 6.52. The van der Waals surface area contributed by atoms with E-state index in [1.165, 1.54) is 47.4 Å². The summed E-state index contributed by atoms with van der Waals surface area (Å²) in [4.78, 5) is 29.7. The normalized spacial score (nSPS) is 12.3. The van der Waals surface area contributed by atoms with Crippen molar-refractivity contribution in [3.05, 3.63) is 131 Å². The molecule has 236 valence electrons. The van der Waals surface area contributed by atoms with E-state index in [-0.39, 0.29) is 28.6 Å². The Bertz CT molecular complexity index is 1730. The van der Waals surface area contributed by atoms with E-state index in [0.717, 1.165) is 15.4 Å². The number of amides is 2. The minimum atomic E-state index is -4.28. The molecule has 0 spiro atoms. The summed E-state index contributed by atoms with van der Waals surface area (Å²) in [6.45, 7) is 6.64. The Morgan fingerprint density at radius 2 is 1.44 bits per heavy atom. The van der Waals surface area contributed by atoms with Gasteiger partial charge in [-0.25, -0.2) is 12.8 Å². The summed E-state index contributed by atoms with van der Waals surface area (Å²) < 4.78 is 43.0. The number of para-hydroxylation sites is 1. The number of sulfonamides is 1. The molecular weight excluding hydrogens is 613 g/mol. The summed E-state index contributed by atoms with van der Waals surface area (Å²) in [5.74, 6) is -1.50. The summed E-state index contributed by atoms with van der Waals surface area (Å²) in [6, 6.07) is 26.5. The summed E-state index contributed by atoms with van der Waals surface area (Å²) in [6.07, 6.45) is 0.159. The highest BCUT2D eigenvalue weighted by molar-refractivity contribution is 7.92.